The van der Waals surface area contributed by atoms with E-state index in [9.17, 15) is 0 Å². The number of methoxy groups -OCH3 is 1. The zero-order valence-corrected chi connectivity index (χ0v) is 10.9. The van der Waals surface area contributed by atoms with E-state index in [-0.39, 0.29) is 0 Å². The molecule has 0 saturated carbocycles. The van der Waals surface area contributed by atoms with Crippen molar-refractivity contribution in [1.29, 1.82) is 5.26 Å². The minimum absolute atomic E-state index is 0.426. The standard InChI is InChI=1S/C15H12N4O/c1-20-14-12-8-7-10(9-16)13(12)18-15(19-14)17-11-5-3-2-4-6-11/h2-7H,8H2,1H3,(H,17,18,19). The van der Waals surface area contributed by atoms with Crippen LogP contribution in [0.25, 0.3) is 5.57 Å². The van der Waals surface area contributed by atoms with Crippen molar-refractivity contribution in [2.75, 3.05) is 12.4 Å². The quantitative estimate of drug-likeness (QED) is 0.922. The van der Waals surface area contributed by atoms with E-state index in [0.29, 0.717) is 29.5 Å². The van der Waals surface area contributed by atoms with E-state index < -0.39 is 0 Å². The number of hydrogen-bond donors (Lipinski definition) is 1. The Balaban J connectivity index is 2.01. The first-order valence-electron chi connectivity index (χ1n) is 6.19. The number of allylic oxidation sites excluding steroid dienone is 2. The van der Waals surface area contributed by atoms with E-state index in [0.717, 1.165) is 11.3 Å². The lowest BCUT2D eigenvalue weighted by molar-refractivity contribution is 0.393. The molecule has 1 aliphatic carbocycles. The Morgan fingerprint density at radius 3 is 2.75 bits per heavy atom. The van der Waals surface area contributed by atoms with Gasteiger partial charge in [-0.3, -0.25) is 0 Å². The summed E-state index contributed by atoms with van der Waals surface area (Å²) in [6.07, 6.45) is 2.47. The summed E-state index contributed by atoms with van der Waals surface area (Å²) in [6, 6.07) is 11.8. The third kappa shape index (κ3) is 2.08. The Morgan fingerprint density at radius 2 is 2.05 bits per heavy atom. The van der Waals surface area contributed by atoms with Crippen molar-refractivity contribution in [3.05, 3.63) is 47.7 Å². The molecule has 0 spiro atoms. The number of ether oxygens (including phenoxy) is 1. The molecule has 0 aliphatic heterocycles. The summed E-state index contributed by atoms with van der Waals surface area (Å²) in [7, 11) is 1.57. The van der Waals surface area contributed by atoms with Crippen molar-refractivity contribution in [2.24, 2.45) is 0 Å². The summed E-state index contributed by atoms with van der Waals surface area (Å²) in [5.74, 6) is 0.935. The van der Waals surface area contributed by atoms with Crippen molar-refractivity contribution in [1.82, 2.24) is 9.97 Å². The highest BCUT2D eigenvalue weighted by molar-refractivity contribution is 5.81. The van der Waals surface area contributed by atoms with Crippen LogP contribution in [0.1, 0.15) is 11.3 Å². The molecule has 1 N–H and O–H groups in total. The number of nitrogens with zero attached hydrogens (tertiary/aromatic N) is 3. The van der Waals surface area contributed by atoms with Gasteiger partial charge < -0.3 is 10.1 Å². The number of aromatic nitrogens is 2. The molecule has 1 aliphatic rings. The van der Waals surface area contributed by atoms with Crippen LogP contribution in [0.15, 0.2) is 36.4 Å². The van der Waals surface area contributed by atoms with Gasteiger partial charge in [-0.2, -0.15) is 10.2 Å². The summed E-state index contributed by atoms with van der Waals surface area (Å²) in [6.45, 7) is 0. The molecule has 0 bridgehead atoms. The molecule has 0 amide bonds. The normalized spacial score (nSPS) is 12.3. The highest BCUT2D eigenvalue weighted by Crippen LogP contribution is 2.32. The van der Waals surface area contributed by atoms with Gasteiger partial charge in [0.1, 0.15) is 6.07 Å². The molecule has 0 atom stereocenters. The highest BCUT2D eigenvalue weighted by atomic mass is 16.5. The van der Waals surface area contributed by atoms with Crippen LogP contribution < -0.4 is 10.1 Å². The second kappa shape index (κ2) is 5.02. The Kier molecular flexibility index (Phi) is 3.05. The van der Waals surface area contributed by atoms with Crippen LogP contribution in [0.2, 0.25) is 0 Å². The topological polar surface area (TPSA) is 70.8 Å². The van der Waals surface area contributed by atoms with Gasteiger partial charge in [0.05, 0.1) is 18.4 Å². The zero-order chi connectivity index (χ0) is 13.9. The van der Waals surface area contributed by atoms with E-state index in [1.165, 1.54) is 0 Å². The Bertz CT molecular complexity index is 717. The van der Waals surface area contributed by atoms with Crippen molar-refractivity contribution in [3.63, 3.8) is 0 Å². The molecule has 1 aromatic heterocycles. The van der Waals surface area contributed by atoms with Gasteiger partial charge in [0.25, 0.3) is 0 Å². The highest BCUT2D eigenvalue weighted by Gasteiger charge is 2.22. The average molecular weight is 264 g/mol. The maximum absolute atomic E-state index is 9.12. The minimum atomic E-state index is 0.426. The van der Waals surface area contributed by atoms with Gasteiger partial charge in [-0.15, -0.1) is 0 Å². The smallest absolute Gasteiger partial charge is 0.231 e. The van der Waals surface area contributed by atoms with Gasteiger partial charge in [0, 0.05) is 11.3 Å². The van der Waals surface area contributed by atoms with Crippen molar-refractivity contribution >= 4 is 17.2 Å². The van der Waals surface area contributed by atoms with E-state index in [1.807, 2.05) is 36.4 Å². The van der Waals surface area contributed by atoms with Crippen molar-refractivity contribution < 1.29 is 4.74 Å². The molecule has 98 valence electrons. The summed E-state index contributed by atoms with van der Waals surface area (Å²) in [4.78, 5) is 8.76. The molecule has 5 heteroatoms. The molecule has 1 heterocycles. The maximum Gasteiger partial charge on any atom is 0.231 e. The summed E-state index contributed by atoms with van der Waals surface area (Å²) >= 11 is 0. The molecule has 3 rings (SSSR count). The number of para-hydroxylation sites is 1. The van der Waals surface area contributed by atoms with Crippen LogP contribution in [0.4, 0.5) is 11.6 Å². The lowest BCUT2D eigenvalue weighted by Crippen LogP contribution is -2.04. The van der Waals surface area contributed by atoms with Crippen LogP contribution in [0.3, 0.4) is 0 Å². The number of hydrogen-bond acceptors (Lipinski definition) is 5. The van der Waals surface area contributed by atoms with Gasteiger partial charge >= 0.3 is 0 Å². The number of anilines is 2. The Hall–Kier alpha value is -2.87. The van der Waals surface area contributed by atoms with Crippen molar-refractivity contribution in [2.45, 2.75) is 6.42 Å². The lowest BCUT2D eigenvalue weighted by atomic mass is 10.2. The van der Waals surface area contributed by atoms with E-state index in [2.05, 4.69) is 21.4 Å². The molecule has 1 aromatic carbocycles. The first-order chi connectivity index (χ1) is 9.81. The molecule has 0 fully saturated rings. The lowest BCUT2D eigenvalue weighted by Gasteiger charge is -2.10. The number of rotatable bonds is 3. The van der Waals surface area contributed by atoms with Gasteiger partial charge in [0.2, 0.25) is 11.8 Å². The molecule has 2 aromatic rings. The number of nitrogens with one attached hydrogen (secondary N) is 1. The monoisotopic (exact) mass is 264 g/mol. The first kappa shape index (κ1) is 12.2. The second-order valence-electron chi connectivity index (χ2n) is 4.31. The van der Waals surface area contributed by atoms with Gasteiger partial charge in [-0.1, -0.05) is 24.3 Å². The number of benzene rings is 1. The number of fused-ring (bicyclic) bond motifs is 1. The molecular weight excluding hydrogens is 252 g/mol. The predicted octanol–water partition coefficient (Wildman–Crippen LogP) is 2.69. The van der Waals surface area contributed by atoms with E-state index >= 15 is 0 Å². The van der Waals surface area contributed by atoms with Gasteiger partial charge in [-0.05, 0) is 18.6 Å². The second-order valence-corrected chi connectivity index (χ2v) is 4.31. The molecule has 5 nitrogen and oxygen atoms in total. The zero-order valence-electron chi connectivity index (χ0n) is 10.9. The van der Waals surface area contributed by atoms with Crippen molar-refractivity contribution in [3.8, 4) is 11.9 Å². The van der Waals surface area contributed by atoms with Crippen LogP contribution in [-0.4, -0.2) is 17.1 Å². The van der Waals surface area contributed by atoms with Crippen LogP contribution in [-0.2, 0) is 6.42 Å². The van der Waals surface area contributed by atoms with Crippen LogP contribution in [0, 0.1) is 11.3 Å². The van der Waals surface area contributed by atoms with Crippen LogP contribution >= 0.6 is 0 Å². The summed E-state index contributed by atoms with van der Waals surface area (Å²) < 4.78 is 5.29. The Morgan fingerprint density at radius 1 is 1.25 bits per heavy atom. The molecular formula is C15H12N4O. The SMILES string of the molecule is COc1nc(Nc2ccccc2)nc2c1CC=C2C#N. The predicted molar refractivity (Wildman–Crippen MR) is 75.6 cm³/mol. The summed E-state index contributed by atoms with van der Waals surface area (Å²) in [5, 5.41) is 12.2. The molecule has 0 unspecified atom stereocenters. The van der Waals surface area contributed by atoms with E-state index in [4.69, 9.17) is 10.00 Å². The fourth-order valence-corrected chi connectivity index (χ4v) is 2.14. The van der Waals surface area contributed by atoms with Crippen LogP contribution in [0.5, 0.6) is 5.88 Å². The minimum Gasteiger partial charge on any atom is -0.481 e. The summed E-state index contributed by atoms with van der Waals surface area (Å²) in [5.41, 5.74) is 2.97. The van der Waals surface area contributed by atoms with E-state index in [1.54, 1.807) is 7.11 Å². The molecule has 0 radical (unpaired) electrons. The largest absolute Gasteiger partial charge is 0.481 e. The first-order valence-corrected chi connectivity index (χ1v) is 6.19. The number of nitriles is 1. The third-order valence-corrected chi connectivity index (χ3v) is 3.08. The Labute approximate surface area is 116 Å². The fraction of sp³-hybridized carbons (Fsp3) is 0.133. The fourth-order valence-electron chi connectivity index (χ4n) is 2.14. The van der Waals surface area contributed by atoms with Gasteiger partial charge in [-0.25, -0.2) is 4.98 Å². The molecule has 20 heavy (non-hydrogen) atoms. The average Bonchev–Trinajstić information content (AvgIpc) is 2.90. The third-order valence-electron chi connectivity index (χ3n) is 3.08. The van der Waals surface area contributed by atoms with Gasteiger partial charge in [0.15, 0.2) is 0 Å². The maximum atomic E-state index is 9.12. The molecule has 0 saturated heterocycles.